The van der Waals surface area contributed by atoms with E-state index in [4.69, 9.17) is 16.3 Å². The largest absolute Gasteiger partial charge is 0.382 e. The van der Waals surface area contributed by atoms with Crippen molar-refractivity contribution in [3.8, 4) is 0 Å². The fraction of sp³-hybridized carbons (Fsp3) is 1.00. The summed E-state index contributed by atoms with van der Waals surface area (Å²) in [5.41, 5.74) is 0. The van der Waals surface area contributed by atoms with Crippen molar-refractivity contribution in [3.63, 3.8) is 0 Å². The van der Waals surface area contributed by atoms with Crippen molar-refractivity contribution < 1.29 is 4.74 Å². The Bertz CT molecular complexity index is 127. The third kappa shape index (κ3) is 4.33. The Morgan fingerprint density at radius 2 is 2.08 bits per heavy atom. The van der Waals surface area contributed by atoms with Crippen molar-refractivity contribution in [1.82, 2.24) is 0 Å². The van der Waals surface area contributed by atoms with Crippen molar-refractivity contribution in [3.05, 3.63) is 0 Å². The molecule has 0 aromatic rings. The molecule has 0 aliphatic heterocycles. The molecule has 0 aromatic heterocycles. The van der Waals surface area contributed by atoms with E-state index in [1.807, 2.05) is 6.92 Å². The lowest BCUT2D eigenvalue weighted by molar-refractivity contribution is 0.137. The van der Waals surface area contributed by atoms with Gasteiger partial charge in [-0.25, -0.2) is 0 Å². The van der Waals surface area contributed by atoms with Crippen LogP contribution in [0.25, 0.3) is 0 Å². The normalized spacial score (nSPS) is 29.1. The van der Waals surface area contributed by atoms with Crippen molar-refractivity contribution >= 4 is 11.6 Å². The molecule has 0 radical (unpaired) electrons. The van der Waals surface area contributed by atoms with Gasteiger partial charge in [-0.2, -0.15) is 0 Å². The summed E-state index contributed by atoms with van der Waals surface area (Å²) < 4.78 is 5.32. The van der Waals surface area contributed by atoms with Gasteiger partial charge in [-0.05, 0) is 38.5 Å². The number of halogens is 1. The highest BCUT2D eigenvalue weighted by Gasteiger charge is 2.22. The number of alkyl halides is 1. The molecule has 2 heteroatoms. The summed E-state index contributed by atoms with van der Waals surface area (Å²) in [6, 6.07) is 0. The first kappa shape index (κ1) is 11.3. The third-order valence-corrected chi connectivity index (χ3v) is 3.46. The lowest BCUT2D eigenvalue weighted by Crippen LogP contribution is -2.19. The molecule has 0 aromatic carbocycles. The second-order valence-corrected chi connectivity index (χ2v) is 4.46. The van der Waals surface area contributed by atoms with Crippen LogP contribution in [-0.2, 0) is 4.74 Å². The van der Waals surface area contributed by atoms with Crippen LogP contribution in [0.2, 0.25) is 0 Å². The van der Waals surface area contributed by atoms with Crippen LogP contribution < -0.4 is 0 Å². The lowest BCUT2D eigenvalue weighted by atomic mass is 9.86. The molecule has 13 heavy (non-hydrogen) atoms. The monoisotopic (exact) mass is 204 g/mol. The minimum Gasteiger partial charge on any atom is -0.382 e. The summed E-state index contributed by atoms with van der Waals surface area (Å²) >= 11 is 6.25. The fourth-order valence-corrected chi connectivity index (χ4v) is 2.49. The van der Waals surface area contributed by atoms with Crippen LogP contribution in [0.4, 0.5) is 0 Å². The Labute approximate surface area is 86.8 Å². The molecule has 2 unspecified atom stereocenters. The molecule has 1 nitrogen and oxygen atoms in total. The molecule has 1 saturated carbocycles. The standard InChI is InChI=1S/C11H21ClO/c1-2-13-9-5-7-10-6-3-4-8-11(10)12/h10-11H,2-9H2,1H3. The van der Waals surface area contributed by atoms with Crippen molar-refractivity contribution in [2.75, 3.05) is 13.2 Å². The average Bonchev–Trinajstić information content (AvgIpc) is 2.15. The highest BCUT2D eigenvalue weighted by Crippen LogP contribution is 2.31. The van der Waals surface area contributed by atoms with E-state index in [9.17, 15) is 0 Å². The van der Waals surface area contributed by atoms with Crippen molar-refractivity contribution in [2.45, 2.75) is 50.8 Å². The van der Waals surface area contributed by atoms with Crippen LogP contribution in [0.15, 0.2) is 0 Å². The van der Waals surface area contributed by atoms with E-state index >= 15 is 0 Å². The van der Waals surface area contributed by atoms with Gasteiger partial charge < -0.3 is 4.74 Å². The summed E-state index contributed by atoms with van der Waals surface area (Å²) in [5, 5.41) is 0.440. The quantitative estimate of drug-likeness (QED) is 0.491. The zero-order valence-electron chi connectivity index (χ0n) is 8.60. The first-order valence-electron chi connectivity index (χ1n) is 5.56. The molecule has 0 heterocycles. The smallest absolute Gasteiger partial charge is 0.0466 e. The zero-order valence-corrected chi connectivity index (χ0v) is 9.35. The van der Waals surface area contributed by atoms with Crippen LogP contribution in [0.5, 0.6) is 0 Å². The number of rotatable bonds is 5. The average molecular weight is 205 g/mol. The van der Waals surface area contributed by atoms with Crippen LogP contribution >= 0.6 is 11.6 Å². The van der Waals surface area contributed by atoms with E-state index in [0.717, 1.165) is 19.1 Å². The van der Waals surface area contributed by atoms with E-state index in [1.54, 1.807) is 0 Å². The molecule has 1 fully saturated rings. The predicted molar refractivity (Wildman–Crippen MR) is 57.3 cm³/mol. The van der Waals surface area contributed by atoms with Gasteiger partial charge in [0, 0.05) is 18.6 Å². The van der Waals surface area contributed by atoms with Gasteiger partial charge >= 0.3 is 0 Å². The predicted octanol–water partition coefficient (Wildman–Crippen LogP) is 3.60. The number of hydrogen-bond acceptors (Lipinski definition) is 1. The molecule has 0 amide bonds. The van der Waals surface area contributed by atoms with E-state index in [2.05, 4.69) is 0 Å². The number of hydrogen-bond donors (Lipinski definition) is 0. The van der Waals surface area contributed by atoms with Crippen molar-refractivity contribution in [2.24, 2.45) is 5.92 Å². The maximum absolute atomic E-state index is 6.25. The van der Waals surface area contributed by atoms with E-state index < -0.39 is 0 Å². The second-order valence-electron chi connectivity index (χ2n) is 3.90. The number of ether oxygens (including phenoxy) is 1. The van der Waals surface area contributed by atoms with E-state index in [-0.39, 0.29) is 0 Å². The molecule has 0 N–H and O–H groups in total. The van der Waals surface area contributed by atoms with Gasteiger partial charge in [0.1, 0.15) is 0 Å². The van der Waals surface area contributed by atoms with Gasteiger partial charge in [-0.15, -0.1) is 11.6 Å². The maximum atomic E-state index is 6.25. The highest BCUT2D eigenvalue weighted by molar-refractivity contribution is 6.20. The van der Waals surface area contributed by atoms with Crippen molar-refractivity contribution in [1.29, 1.82) is 0 Å². The van der Waals surface area contributed by atoms with Crippen LogP contribution in [-0.4, -0.2) is 18.6 Å². The molecule has 0 saturated heterocycles. The molecule has 1 rings (SSSR count). The molecule has 2 atom stereocenters. The molecule has 1 aliphatic rings. The topological polar surface area (TPSA) is 9.23 Å². The first-order chi connectivity index (χ1) is 6.34. The molecule has 0 bridgehead atoms. The van der Waals surface area contributed by atoms with Crippen LogP contribution in [0.3, 0.4) is 0 Å². The Morgan fingerprint density at radius 3 is 2.77 bits per heavy atom. The lowest BCUT2D eigenvalue weighted by Gasteiger charge is -2.26. The molecule has 78 valence electrons. The second kappa shape index (κ2) is 6.67. The summed E-state index contributed by atoms with van der Waals surface area (Å²) in [4.78, 5) is 0. The fourth-order valence-electron chi connectivity index (χ4n) is 2.08. The Hall–Kier alpha value is 0.250. The van der Waals surface area contributed by atoms with Gasteiger partial charge in [0.05, 0.1) is 0 Å². The summed E-state index contributed by atoms with van der Waals surface area (Å²) in [6.07, 6.45) is 7.70. The zero-order chi connectivity index (χ0) is 9.52. The highest BCUT2D eigenvalue weighted by atomic mass is 35.5. The minimum absolute atomic E-state index is 0.440. The first-order valence-corrected chi connectivity index (χ1v) is 6.00. The maximum Gasteiger partial charge on any atom is 0.0466 e. The van der Waals surface area contributed by atoms with Gasteiger partial charge in [0.25, 0.3) is 0 Å². The SMILES string of the molecule is CCOCCCC1CCCCC1Cl. The summed E-state index contributed by atoms with van der Waals surface area (Å²) in [5.74, 6) is 0.760. The Morgan fingerprint density at radius 1 is 1.31 bits per heavy atom. The van der Waals surface area contributed by atoms with Crippen LogP contribution in [0.1, 0.15) is 45.4 Å². The van der Waals surface area contributed by atoms with Gasteiger partial charge in [-0.1, -0.05) is 12.8 Å². The van der Waals surface area contributed by atoms with Gasteiger partial charge in [0.2, 0.25) is 0 Å². The van der Waals surface area contributed by atoms with Gasteiger partial charge in [0.15, 0.2) is 0 Å². The molecular weight excluding hydrogens is 184 g/mol. The summed E-state index contributed by atoms with van der Waals surface area (Å²) in [7, 11) is 0. The van der Waals surface area contributed by atoms with E-state index in [1.165, 1.54) is 38.5 Å². The van der Waals surface area contributed by atoms with Gasteiger partial charge in [-0.3, -0.25) is 0 Å². The van der Waals surface area contributed by atoms with Crippen LogP contribution in [0, 0.1) is 5.92 Å². The Kier molecular flexibility index (Phi) is 5.81. The molecule has 1 aliphatic carbocycles. The minimum atomic E-state index is 0.440. The Balaban J connectivity index is 2.05. The summed E-state index contributed by atoms with van der Waals surface area (Å²) in [6.45, 7) is 3.80. The third-order valence-electron chi connectivity index (χ3n) is 2.88. The molecule has 0 spiro atoms. The molecular formula is C11H21ClO. The van der Waals surface area contributed by atoms with E-state index in [0.29, 0.717) is 5.38 Å².